The van der Waals surface area contributed by atoms with E-state index in [-0.39, 0.29) is 22.8 Å². The largest absolute Gasteiger partial charge is 0.382 e. The second-order valence-corrected chi connectivity index (χ2v) is 7.13. The minimum atomic E-state index is -3.46. The van der Waals surface area contributed by atoms with E-state index in [1.54, 1.807) is 6.92 Å². The molecule has 30 heavy (non-hydrogen) atoms. The summed E-state index contributed by atoms with van der Waals surface area (Å²) in [7, 11) is 0. The van der Waals surface area contributed by atoms with E-state index in [1.807, 2.05) is 0 Å². The zero-order valence-electron chi connectivity index (χ0n) is 15.9. The highest BCUT2D eigenvalue weighted by Gasteiger charge is 2.46. The number of aromatic nitrogens is 2. The number of alkyl halides is 2. The number of nitrogens with zero attached hydrogens (tertiary/aromatic N) is 2. The Morgan fingerprint density at radius 1 is 1.40 bits per heavy atom. The summed E-state index contributed by atoms with van der Waals surface area (Å²) in [6.45, 7) is 1.65. The molecule has 1 heterocycles. The summed E-state index contributed by atoms with van der Waals surface area (Å²) < 4.78 is 26.8. The molecule has 2 amide bonds. The number of terminal acetylenes is 1. The van der Waals surface area contributed by atoms with E-state index in [4.69, 9.17) is 17.9 Å². The minimum absolute atomic E-state index is 0.125. The highest BCUT2D eigenvalue weighted by atomic mass is 19.3. The van der Waals surface area contributed by atoms with Gasteiger partial charge in [0.15, 0.2) is 11.5 Å². The number of hydrogen-bond donors (Lipinski definition) is 4. The Morgan fingerprint density at radius 2 is 2.07 bits per heavy atom. The minimum Gasteiger partial charge on any atom is -0.382 e. The molecule has 8 nitrogen and oxygen atoms in total. The first kappa shape index (κ1) is 21.1. The molecular weight excluding hydrogens is 396 g/mol. The fourth-order valence-corrected chi connectivity index (χ4v) is 2.91. The van der Waals surface area contributed by atoms with Crippen molar-refractivity contribution in [3.05, 3.63) is 41.2 Å². The van der Waals surface area contributed by atoms with Crippen LogP contribution in [0.5, 0.6) is 0 Å². The predicted molar refractivity (Wildman–Crippen MR) is 104 cm³/mol. The lowest BCUT2D eigenvalue weighted by molar-refractivity contribution is -0.156. The van der Waals surface area contributed by atoms with Crippen LogP contribution in [-0.4, -0.2) is 38.9 Å². The lowest BCUT2D eigenvalue weighted by atomic mass is 9.90. The van der Waals surface area contributed by atoms with E-state index in [9.17, 15) is 23.5 Å². The molecule has 6 N–H and O–H groups in total. The van der Waals surface area contributed by atoms with Gasteiger partial charge in [-0.3, -0.25) is 9.59 Å². The topological polar surface area (TPSA) is 144 Å². The van der Waals surface area contributed by atoms with Crippen LogP contribution in [0.4, 0.5) is 14.6 Å². The molecule has 0 bridgehead atoms. The summed E-state index contributed by atoms with van der Waals surface area (Å²) >= 11 is 0. The summed E-state index contributed by atoms with van der Waals surface area (Å²) in [6, 6.07) is 3.73. The van der Waals surface area contributed by atoms with Crippen molar-refractivity contribution in [3.8, 4) is 23.6 Å². The van der Waals surface area contributed by atoms with Crippen LogP contribution in [0.3, 0.4) is 0 Å². The first-order valence-electron chi connectivity index (χ1n) is 8.89. The average molecular weight is 415 g/mol. The number of benzene rings is 1. The van der Waals surface area contributed by atoms with Gasteiger partial charge in [-0.2, -0.15) is 0 Å². The van der Waals surface area contributed by atoms with Crippen molar-refractivity contribution in [1.29, 1.82) is 0 Å². The predicted octanol–water partition coefficient (Wildman–Crippen LogP) is 0.868. The number of primary amides is 1. The molecule has 1 aromatic heterocycles. The molecule has 0 spiro atoms. The fourth-order valence-electron chi connectivity index (χ4n) is 2.91. The van der Waals surface area contributed by atoms with Crippen molar-refractivity contribution >= 4 is 17.6 Å². The zero-order valence-corrected chi connectivity index (χ0v) is 15.9. The molecule has 0 saturated heterocycles. The van der Waals surface area contributed by atoms with Crippen molar-refractivity contribution < 1.29 is 23.5 Å². The monoisotopic (exact) mass is 415 g/mol. The van der Waals surface area contributed by atoms with Crippen LogP contribution in [0.1, 0.15) is 34.5 Å². The van der Waals surface area contributed by atoms with E-state index in [0.717, 1.165) is 12.1 Å². The first-order chi connectivity index (χ1) is 14.0. The van der Waals surface area contributed by atoms with Crippen LogP contribution in [0.2, 0.25) is 0 Å². The molecule has 1 aliphatic carbocycles. The maximum absolute atomic E-state index is 13.4. The number of carbonyl (C=O) groups excluding carboxylic acids is 2. The third-order valence-corrected chi connectivity index (χ3v) is 5.04. The number of nitrogen functional groups attached to an aromatic ring is 1. The van der Waals surface area contributed by atoms with Crippen LogP contribution in [0, 0.1) is 19.3 Å². The molecular formula is C20H19F2N5O3. The van der Waals surface area contributed by atoms with Crippen LogP contribution in [0.25, 0.3) is 11.3 Å². The molecule has 0 radical (unpaired) electrons. The summed E-state index contributed by atoms with van der Waals surface area (Å²) in [6.07, 6.45) is 4.47. The number of halogens is 2. The van der Waals surface area contributed by atoms with Gasteiger partial charge in [-0.1, -0.05) is 18.1 Å². The van der Waals surface area contributed by atoms with Gasteiger partial charge in [-0.15, -0.1) is 6.42 Å². The average Bonchev–Trinajstić information content (AvgIpc) is 3.47. The Kier molecular flexibility index (Phi) is 5.18. The Morgan fingerprint density at radius 3 is 2.60 bits per heavy atom. The molecule has 1 saturated carbocycles. The van der Waals surface area contributed by atoms with Gasteiger partial charge in [0.05, 0.1) is 11.9 Å². The van der Waals surface area contributed by atoms with Crippen molar-refractivity contribution in [2.24, 2.45) is 5.73 Å². The molecule has 3 rings (SSSR count). The van der Waals surface area contributed by atoms with Crippen molar-refractivity contribution in [2.45, 2.75) is 37.3 Å². The van der Waals surface area contributed by atoms with Crippen LogP contribution >= 0.6 is 0 Å². The molecule has 1 unspecified atom stereocenters. The number of nitrogens with two attached hydrogens (primary N) is 2. The highest BCUT2D eigenvalue weighted by Crippen LogP contribution is 2.35. The number of hydrogen-bond acceptors (Lipinski definition) is 6. The van der Waals surface area contributed by atoms with Gasteiger partial charge in [-0.05, 0) is 37.0 Å². The van der Waals surface area contributed by atoms with E-state index < -0.39 is 34.9 Å². The molecule has 2 aromatic rings. The third kappa shape index (κ3) is 3.55. The number of carbonyl (C=O) groups is 2. The van der Waals surface area contributed by atoms with E-state index >= 15 is 0 Å². The SMILES string of the molecule is C#CC1(NC(=O)c2nc(-c3cc(C(O)(C(N)=O)C(F)F)ccc3C)cnc2N)CC1. The number of rotatable bonds is 6. The van der Waals surface area contributed by atoms with Crippen molar-refractivity contribution in [1.82, 2.24) is 15.3 Å². The molecule has 1 atom stereocenters. The maximum Gasteiger partial charge on any atom is 0.280 e. The molecule has 1 aromatic carbocycles. The van der Waals surface area contributed by atoms with Gasteiger partial charge < -0.3 is 21.9 Å². The van der Waals surface area contributed by atoms with Gasteiger partial charge in [0.25, 0.3) is 18.2 Å². The molecule has 10 heteroatoms. The zero-order chi connectivity index (χ0) is 22.3. The number of nitrogens with one attached hydrogen (secondary N) is 1. The molecule has 1 aliphatic rings. The van der Waals surface area contributed by atoms with Gasteiger partial charge >= 0.3 is 0 Å². The second-order valence-electron chi connectivity index (χ2n) is 7.13. The number of aliphatic hydroxyl groups is 1. The van der Waals surface area contributed by atoms with Gasteiger partial charge in [0, 0.05) is 5.56 Å². The van der Waals surface area contributed by atoms with Crippen molar-refractivity contribution in [2.75, 3.05) is 5.73 Å². The summed E-state index contributed by atoms with van der Waals surface area (Å²) in [5.74, 6) is 0.154. The van der Waals surface area contributed by atoms with Crippen LogP contribution in [-0.2, 0) is 10.4 Å². The van der Waals surface area contributed by atoms with Gasteiger partial charge in [0.2, 0.25) is 5.60 Å². The van der Waals surface area contributed by atoms with E-state index in [1.165, 1.54) is 12.3 Å². The Balaban J connectivity index is 2.05. The smallest absolute Gasteiger partial charge is 0.280 e. The summed E-state index contributed by atoms with van der Waals surface area (Å²) in [5.41, 5.74) is 7.22. The normalized spacial score (nSPS) is 16.4. The third-order valence-electron chi connectivity index (χ3n) is 5.04. The Bertz CT molecular complexity index is 1080. The lowest BCUT2D eigenvalue weighted by Crippen LogP contribution is -2.47. The number of aryl methyl sites for hydroxylation is 1. The standard InChI is InChI=1S/C20H19F2N5O3/c1-3-19(6-7-19)27-16(28)14-15(23)25-9-13(26-14)12-8-11(5-4-10(12)2)20(30,17(21)22)18(24)29/h1,4-5,8-9,17,30H,6-7H2,2H3,(H2,23,25)(H2,24,29)(H,27,28). The quantitative estimate of drug-likeness (QED) is 0.515. The van der Waals surface area contributed by atoms with Crippen LogP contribution in [0.15, 0.2) is 24.4 Å². The highest BCUT2D eigenvalue weighted by molar-refractivity contribution is 5.98. The molecule has 0 aliphatic heterocycles. The lowest BCUT2D eigenvalue weighted by Gasteiger charge is -2.25. The van der Waals surface area contributed by atoms with Crippen molar-refractivity contribution in [3.63, 3.8) is 0 Å². The first-order valence-corrected chi connectivity index (χ1v) is 8.89. The summed E-state index contributed by atoms with van der Waals surface area (Å²) in [4.78, 5) is 32.3. The fraction of sp³-hybridized carbons (Fsp3) is 0.300. The van der Waals surface area contributed by atoms with Gasteiger partial charge in [0.1, 0.15) is 5.54 Å². The second kappa shape index (κ2) is 7.35. The Labute approximate surface area is 170 Å². The maximum atomic E-state index is 13.4. The Hall–Kier alpha value is -3.58. The molecule has 1 fully saturated rings. The summed E-state index contributed by atoms with van der Waals surface area (Å²) in [5, 5.41) is 12.9. The van der Waals surface area contributed by atoms with Crippen LogP contribution < -0.4 is 16.8 Å². The van der Waals surface area contributed by atoms with Gasteiger partial charge in [-0.25, -0.2) is 18.7 Å². The van der Waals surface area contributed by atoms with E-state index in [2.05, 4.69) is 21.2 Å². The number of anilines is 1. The number of amides is 2. The molecule has 156 valence electrons. The van der Waals surface area contributed by atoms with E-state index in [0.29, 0.717) is 18.4 Å².